The van der Waals surface area contributed by atoms with Crippen molar-refractivity contribution in [2.24, 2.45) is 4.99 Å². The van der Waals surface area contributed by atoms with Crippen molar-refractivity contribution >= 4 is 23.0 Å². The molecule has 0 amide bonds. The monoisotopic (exact) mass is 424 g/mol. The molecule has 2 aliphatic heterocycles. The molecule has 5 heteroatoms. The molecule has 2 radical (unpaired) electrons. The van der Waals surface area contributed by atoms with Gasteiger partial charge in [0.25, 0.3) is 0 Å². The Kier molecular flexibility index (Phi) is 5.48. The Morgan fingerprint density at radius 1 is 0.812 bits per heavy atom. The smallest absolute Gasteiger partial charge is 0.207 e. The van der Waals surface area contributed by atoms with Gasteiger partial charge in [-0.2, -0.15) is 0 Å². The summed E-state index contributed by atoms with van der Waals surface area (Å²) in [6, 6.07) is 23.1. The Morgan fingerprint density at radius 2 is 1.56 bits per heavy atom. The van der Waals surface area contributed by atoms with Gasteiger partial charge in [0.1, 0.15) is 12.3 Å². The third-order valence-electron chi connectivity index (χ3n) is 6.06. The van der Waals surface area contributed by atoms with Crippen LogP contribution in [0.4, 0.5) is 17.1 Å². The van der Waals surface area contributed by atoms with E-state index in [9.17, 15) is 0 Å². The van der Waals surface area contributed by atoms with Gasteiger partial charge in [-0.1, -0.05) is 36.4 Å². The summed E-state index contributed by atoms with van der Waals surface area (Å²) in [5.41, 5.74) is 6.65. The van der Waals surface area contributed by atoms with Crippen LogP contribution in [-0.2, 0) is 0 Å². The van der Waals surface area contributed by atoms with E-state index >= 15 is 0 Å². The second kappa shape index (κ2) is 8.58. The van der Waals surface area contributed by atoms with Gasteiger partial charge < -0.3 is 14.5 Å². The van der Waals surface area contributed by atoms with Crippen LogP contribution in [0.15, 0.2) is 71.7 Å². The number of aryl methyl sites for hydroxylation is 2. The number of ether oxygens (including phenoxy) is 1. The van der Waals surface area contributed by atoms with Gasteiger partial charge in [0.05, 0.1) is 18.5 Å². The summed E-state index contributed by atoms with van der Waals surface area (Å²) in [7, 11) is 1.71. The van der Waals surface area contributed by atoms with Crippen molar-refractivity contribution in [1.82, 2.24) is 4.90 Å². The van der Waals surface area contributed by atoms with E-state index in [-0.39, 0.29) is 0 Å². The van der Waals surface area contributed by atoms with Crippen LogP contribution in [0.3, 0.4) is 0 Å². The summed E-state index contributed by atoms with van der Waals surface area (Å²) < 4.78 is 5.70. The third kappa shape index (κ3) is 3.91. The number of hydrogen-bond donors (Lipinski definition) is 0. The summed E-state index contributed by atoms with van der Waals surface area (Å²) >= 11 is 0. The topological polar surface area (TPSA) is 31.3 Å². The zero-order valence-corrected chi connectivity index (χ0v) is 18.9. The van der Waals surface area contributed by atoms with E-state index < -0.39 is 0 Å². The van der Waals surface area contributed by atoms with E-state index in [0.717, 1.165) is 54.8 Å². The lowest BCUT2D eigenvalue weighted by atomic mass is 10.1. The minimum absolute atomic E-state index is 0.813. The van der Waals surface area contributed by atoms with E-state index in [1.165, 1.54) is 16.8 Å². The van der Waals surface area contributed by atoms with Crippen LogP contribution in [-0.4, -0.2) is 44.1 Å². The highest BCUT2D eigenvalue weighted by Gasteiger charge is 2.30. The first-order valence-corrected chi connectivity index (χ1v) is 11.1. The molecule has 0 saturated carbocycles. The van der Waals surface area contributed by atoms with Gasteiger partial charge in [0, 0.05) is 37.4 Å². The van der Waals surface area contributed by atoms with E-state index in [4.69, 9.17) is 9.73 Å². The summed E-state index contributed by atoms with van der Waals surface area (Å²) in [5, 5.41) is 0. The van der Waals surface area contributed by atoms with E-state index in [2.05, 4.69) is 83.6 Å². The van der Waals surface area contributed by atoms with Crippen molar-refractivity contribution in [3.63, 3.8) is 0 Å². The molecule has 5 nitrogen and oxygen atoms in total. The predicted molar refractivity (Wildman–Crippen MR) is 131 cm³/mol. The molecule has 2 heterocycles. The zero-order valence-electron chi connectivity index (χ0n) is 18.9. The molecule has 5 rings (SSSR count). The molecule has 0 aromatic heterocycles. The summed E-state index contributed by atoms with van der Waals surface area (Å²) in [4.78, 5) is 12.0. The number of rotatable bonds is 3. The zero-order chi connectivity index (χ0) is 22.1. The summed E-state index contributed by atoms with van der Waals surface area (Å²) in [6.45, 7) is 11.5. The van der Waals surface area contributed by atoms with Crippen LogP contribution in [0.25, 0.3) is 0 Å². The number of methoxy groups -OCH3 is 1. The number of anilines is 2. The van der Waals surface area contributed by atoms with Gasteiger partial charge in [-0.15, -0.1) is 0 Å². The molecule has 0 N–H and O–H groups in total. The SMILES string of the molecule is COc1ccc(C)cc1N1[C]c2ccccc2N=C1N1CCN(c2cccc(C)c2)CC1. The highest BCUT2D eigenvalue weighted by Crippen LogP contribution is 2.37. The molecule has 0 atom stereocenters. The van der Waals surface area contributed by atoms with Crippen molar-refractivity contribution in [2.45, 2.75) is 13.8 Å². The average Bonchev–Trinajstić information content (AvgIpc) is 2.83. The first-order valence-electron chi connectivity index (χ1n) is 11.1. The molecule has 0 bridgehead atoms. The van der Waals surface area contributed by atoms with Gasteiger partial charge in [-0.05, 0) is 55.3 Å². The summed E-state index contributed by atoms with van der Waals surface area (Å²) in [5.74, 6) is 1.71. The molecule has 162 valence electrons. The maximum atomic E-state index is 5.70. The molecule has 3 aromatic rings. The Bertz CT molecular complexity index is 1150. The second-order valence-corrected chi connectivity index (χ2v) is 8.36. The van der Waals surface area contributed by atoms with Crippen molar-refractivity contribution < 1.29 is 4.74 Å². The first-order chi connectivity index (χ1) is 15.6. The van der Waals surface area contributed by atoms with Crippen molar-refractivity contribution in [3.8, 4) is 5.75 Å². The van der Waals surface area contributed by atoms with Gasteiger partial charge in [-0.25, -0.2) is 4.99 Å². The molecule has 3 aromatic carbocycles. The molecule has 0 aliphatic carbocycles. The van der Waals surface area contributed by atoms with Crippen molar-refractivity contribution in [2.75, 3.05) is 43.1 Å². The van der Waals surface area contributed by atoms with Crippen LogP contribution >= 0.6 is 0 Å². The van der Waals surface area contributed by atoms with Crippen LogP contribution in [0, 0.1) is 20.4 Å². The maximum absolute atomic E-state index is 5.70. The largest absolute Gasteiger partial charge is 0.495 e. The fourth-order valence-corrected chi connectivity index (χ4v) is 4.34. The Balaban J connectivity index is 1.46. The number of hydrogen-bond acceptors (Lipinski definition) is 5. The van der Waals surface area contributed by atoms with E-state index in [1.54, 1.807) is 7.11 Å². The van der Waals surface area contributed by atoms with E-state index in [1.807, 2.05) is 18.2 Å². The highest BCUT2D eigenvalue weighted by atomic mass is 16.5. The number of guanidine groups is 1. The number of nitrogens with zero attached hydrogens (tertiary/aromatic N) is 4. The first kappa shape index (κ1) is 20.4. The normalized spacial score (nSPS) is 16.0. The fourth-order valence-electron chi connectivity index (χ4n) is 4.34. The number of aliphatic imine (C=N–C) groups is 1. The van der Waals surface area contributed by atoms with Crippen LogP contribution in [0.2, 0.25) is 0 Å². The Labute approximate surface area is 190 Å². The maximum Gasteiger partial charge on any atom is 0.207 e. The molecule has 0 unspecified atom stereocenters. The molecular weight excluding hydrogens is 396 g/mol. The standard InChI is InChI=1S/C27H28N4O/c1-20-7-6-9-23(17-20)29-13-15-30(16-14-29)27-28-24-10-5-4-8-22(24)19-31(27)25-18-21(2)11-12-26(25)32-3/h4-12,17-18H,13-16H2,1-3H3. The fraction of sp³-hybridized carbons (Fsp3) is 0.259. The minimum atomic E-state index is 0.813. The Morgan fingerprint density at radius 3 is 2.34 bits per heavy atom. The third-order valence-corrected chi connectivity index (χ3v) is 6.06. The van der Waals surface area contributed by atoms with Crippen LogP contribution in [0.1, 0.15) is 16.7 Å². The van der Waals surface area contributed by atoms with Crippen LogP contribution < -0.4 is 14.5 Å². The predicted octanol–water partition coefficient (Wildman–Crippen LogP) is 5.03. The lowest BCUT2D eigenvalue weighted by Crippen LogP contribution is -2.54. The minimum Gasteiger partial charge on any atom is -0.495 e. The second-order valence-electron chi connectivity index (χ2n) is 8.36. The molecule has 1 fully saturated rings. The quantitative estimate of drug-likeness (QED) is 0.590. The molecule has 0 spiro atoms. The molecule has 1 saturated heterocycles. The molecule has 32 heavy (non-hydrogen) atoms. The van der Waals surface area contributed by atoms with Gasteiger partial charge in [0.2, 0.25) is 5.96 Å². The number of para-hydroxylation sites is 1. The summed E-state index contributed by atoms with van der Waals surface area (Å²) in [6.07, 6.45) is 0. The molecule has 2 aliphatic rings. The van der Waals surface area contributed by atoms with Crippen molar-refractivity contribution in [1.29, 1.82) is 0 Å². The van der Waals surface area contributed by atoms with E-state index in [0.29, 0.717) is 0 Å². The van der Waals surface area contributed by atoms with Crippen LogP contribution in [0.5, 0.6) is 5.75 Å². The average molecular weight is 425 g/mol. The van der Waals surface area contributed by atoms with Gasteiger partial charge in [0.15, 0.2) is 0 Å². The van der Waals surface area contributed by atoms with Crippen molar-refractivity contribution in [3.05, 3.63) is 90.0 Å². The lowest BCUT2D eigenvalue weighted by molar-refractivity contribution is 0.379. The number of fused-ring (bicyclic) bond motifs is 1. The Hall–Kier alpha value is -3.47. The number of piperazine rings is 1. The van der Waals surface area contributed by atoms with Gasteiger partial charge in [-0.3, -0.25) is 4.90 Å². The van der Waals surface area contributed by atoms with Gasteiger partial charge >= 0.3 is 0 Å². The molecular formula is C27H28N4O. The number of benzene rings is 3. The lowest BCUT2D eigenvalue weighted by Gasteiger charge is -2.42. The highest BCUT2D eigenvalue weighted by molar-refractivity contribution is 6.03.